The zero-order valence-corrected chi connectivity index (χ0v) is 11.4. The zero-order chi connectivity index (χ0) is 14.2. The molecule has 1 aliphatic heterocycles. The molecule has 0 amide bonds. The minimum Gasteiger partial charge on any atom is -0.461 e. The number of fused-ring (bicyclic) bond motifs is 1. The number of aliphatic hydroxyl groups excluding tert-OH is 1. The summed E-state index contributed by atoms with van der Waals surface area (Å²) in [5.41, 5.74) is 0.576. The summed E-state index contributed by atoms with van der Waals surface area (Å²) in [4.78, 5) is 0. The molecule has 0 spiro atoms. The molecule has 0 radical (unpaired) electrons. The van der Waals surface area contributed by atoms with Gasteiger partial charge in [0.1, 0.15) is 22.9 Å². The highest BCUT2D eigenvalue weighted by molar-refractivity contribution is 5.82. The number of nitriles is 1. The van der Waals surface area contributed by atoms with Crippen molar-refractivity contribution in [2.45, 2.75) is 25.9 Å². The molecule has 1 aromatic heterocycles. The molecule has 4 heteroatoms. The molecular weight excluding hydrogens is 254 g/mol. The van der Waals surface area contributed by atoms with Crippen molar-refractivity contribution in [2.24, 2.45) is 5.41 Å². The van der Waals surface area contributed by atoms with E-state index < -0.39 is 11.5 Å². The Labute approximate surface area is 117 Å². The van der Waals surface area contributed by atoms with Crippen LogP contribution in [-0.2, 0) is 4.74 Å². The first kappa shape index (κ1) is 13.2. The van der Waals surface area contributed by atoms with Crippen molar-refractivity contribution in [3.05, 3.63) is 35.6 Å². The number of hydrogen-bond acceptors (Lipinski definition) is 4. The van der Waals surface area contributed by atoms with E-state index in [1.807, 2.05) is 31.2 Å². The van der Waals surface area contributed by atoms with Crippen LogP contribution in [-0.4, -0.2) is 18.3 Å². The number of furan rings is 1. The second-order valence-electron chi connectivity index (χ2n) is 5.39. The summed E-state index contributed by atoms with van der Waals surface area (Å²) < 4.78 is 11.1. The molecule has 0 bridgehead atoms. The van der Waals surface area contributed by atoms with Crippen molar-refractivity contribution in [3.63, 3.8) is 0 Å². The van der Waals surface area contributed by atoms with E-state index >= 15 is 0 Å². The zero-order valence-electron chi connectivity index (χ0n) is 11.4. The predicted octanol–water partition coefficient (Wildman–Crippen LogP) is 3.10. The highest BCUT2D eigenvalue weighted by atomic mass is 16.5. The lowest BCUT2D eigenvalue weighted by atomic mass is 9.75. The molecule has 3 rings (SSSR count). The van der Waals surface area contributed by atoms with Gasteiger partial charge in [-0.1, -0.05) is 18.2 Å². The lowest BCUT2D eigenvalue weighted by molar-refractivity contribution is -0.0505. The molecule has 0 saturated carbocycles. The van der Waals surface area contributed by atoms with E-state index in [4.69, 9.17) is 9.15 Å². The fraction of sp³-hybridized carbons (Fsp3) is 0.438. The van der Waals surface area contributed by atoms with E-state index in [1.54, 1.807) is 0 Å². The molecule has 1 aliphatic rings. The van der Waals surface area contributed by atoms with Crippen molar-refractivity contribution in [3.8, 4) is 6.07 Å². The fourth-order valence-electron chi connectivity index (χ4n) is 2.98. The largest absolute Gasteiger partial charge is 0.461 e. The Morgan fingerprint density at radius 2 is 2.20 bits per heavy atom. The summed E-state index contributed by atoms with van der Waals surface area (Å²) in [5.74, 6) is 0.666. The quantitative estimate of drug-likeness (QED) is 0.911. The summed E-state index contributed by atoms with van der Waals surface area (Å²) in [7, 11) is 0. The van der Waals surface area contributed by atoms with E-state index in [2.05, 4.69) is 6.07 Å². The molecule has 2 aromatic rings. The Morgan fingerprint density at radius 1 is 1.40 bits per heavy atom. The molecule has 2 heterocycles. The highest BCUT2D eigenvalue weighted by Gasteiger charge is 2.43. The van der Waals surface area contributed by atoms with Gasteiger partial charge in [0.2, 0.25) is 0 Å². The predicted molar refractivity (Wildman–Crippen MR) is 74.0 cm³/mol. The lowest BCUT2D eigenvalue weighted by Gasteiger charge is -2.34. The first-order chi connectivity index (χ1) is 9.68. The maximum absolute atomic E-state index is 10.8. The van der Waals surface area contributed by atoms with E-state index in [1.165, 1.54) is 0 Å². The summed E-state index contributed by atoms with van der Waals surface area (Å²) in [6, 6.07) is 9.87. The molecule has 1 saturated heterocycles. The van der Waals surface area contributed by atoms with Crippen molar-refractivity contribution in [1.82, 2.24) is 0 Å². The molecule has 4 nitrogen and oxygen atoms in total. The Balaban J connectivity index is 2.10. The molecule has 2 atom stereocenters. The first-order valence-corrected chi connectivity index (χ1v) is 6.83. The van der Waals surface area contributed by atoms with Gasteiger partial charge in [-0.05, 0) is 25.8 Å². The first-order valence-electron chi connectivity index (χ1n) is 6.83. The maximum Gasteiger partial charge on any atom is 0.134 e. The molecule has 1 aromatic carbocycles. The van der Waals surface area contributed by atoms with E-state index in [0.717, 1.165) is 17.4 Å². The lowest BCUT2D eigenvalue weighted by Crippen LogP contribution is -2.36. The summed E-state index contributed by atoms with van der Waals surface area (Å²) in [5, 5.41) is 21.2. The van der Waals surface area contributed by atoms with Crippen LogP contribution >= 0.6 is 0 Å². The van der Waals surface area contributed by atoms with E-state index in [-0.39, 0.29) is 6.61 Å². The average Bonchev–Trinajstić information content (AvgIpc) is 2.83. The number of hydrogen-bond donors (Lipinski definition) is 1. The van der Waals surface area contributed by atoms with Crippen LogP contribution in [0.2, 0.25) is 0 Å². The van der Waals surface area contributed by atoms with Crippen molar-refractivity contribution >= 4 is 11.0 Å². The standard InChI is InChI=1S/C16H17NO3/c1-11-14(12-5-2-3-6-13(12)20-11)15(18)16(9-17)7-4-8-19-10-16/h2-3,5-6,15,18H,4,7-8,10H2,1H3. The van der Waals surface area contributed by atoms with Gasteiger partial charge in [0.25, 0.3) is 0 Å². The van der Waals surface area contributed by atoms with Crippen LogP contribution in [0.1, 0.15) is 30.3 Å². The third kappa shape index (κ3) is 1.91. The Morgan fingerprint density at radius 3 is 2.90 bits per heavy atom. The third-order valence-electron chi connectivity index (χ3n) is 4.11. The number of aliphatic hydroxyl groups is 1. The van der Waals surface area contributed by atoms with Gasteiger partial charge in [-0.2, -0.15) is 5.26 Å². The molecule has 2 unspecified atom stereocenters. The third-order valence-corrected chi connectivity index (χ3v) is 4.11. The van der Waals surface area contributed by atoms with Crippen LogP contribution in [0, 0.1) is 23.7 Å². The maximum atomic E-state index is 10.8. The van der Waals surface area contributed by atoms with Gasteiger partial charge in [-0.15, -0.1) is 0 Å². The molecule has 1 N–H and O–H groups in total. The van der Waals surface area contributed by atoms with Crippen LogP contribution in [0.4, 0.5) is 0 Å². The molecule has 0 aliphatic carbocycles. The van der Waals surface area contributed by atoms with Gasteiger partial charge in [-0.25, -0.2) is 0 Å². The van der Waals surface area contributed by atoms with Crippen molar-refractivity contribution in [1.29, 1.82) is 5.26 Å². The van der Waals surface area contributed by atoms with Gasteiger partial charge >= 0.3 is 0 Å². The van der Waals surface area contributed by atoms with Gasteiger partial charge in [0.05, 0.1) is 12.7 Å². The topological polar surface area (TPSA) is 66.4 Å². The van der Waals surface area contributed by atoms with Crippen LogP contribution in [0.5, 0.6) is 0 Å². The highest BCUT2D eigenvalue weighted by Crippen LogP contribution is 2.44. The van der Waals surface area contributed by atoms with Gasteiger partial charge in [-0.3, -0.25) is 0 Å². The SMILES string of the molecule is Cc1oc2ccccc2c1C(O)C1(C#N)CCCOC1. The van der Waals surface area contributed by atoms with Crippen molar-refractivity contribution < 1.29 is 14.3 Å². The van der Waals surface area contributed by atoms with Gasteiger partial charge in [0, 0.05) is 17.6 Å². The van der Waals surface area contributed by atoms with Gasteiger partial charge in [0.15, 0.2) is 0 Å². The normalized spacial score (nSPS) is 24.4. The summed E-state index contributed by atoms with van der Waals surface area (Å²) in [6.45, 7) is 2.75. The van der Waals surface area contributed by atoms with Crippen molar-refractivity contribution in [2.75, 3.05) is 13.2 Å². The Bertz CT molecular complexity index is 662. The van der Waals surface area contributed by atoms with Gasteiger partial charge < -0.3 is 14.3 Å². The molecule has 104 valence electrons. The number of ether oxygens (including phenoxy) is 1. The van der Waals surface area contributed by atoms with E-state index in [9.17, 15) is 10.4 Å². The van der Waals surface area contributed by atoms with Crippen LogP contribution < -0.4 is 0 Å². The van der Waals surface area contributed by atoms with E-state index in [0.29, 0.717) is 24.4 Å². The second-order valence-corrected chi connectivity index (χ2v) is 5.39. The summed E-state index contributed by atoms with van der Waals surface area (Å²) in [6.07, 6.45) is 0.541. The second kappa shape index (κ2) is 4.93. The molecular formula is C16H17NO3. The smallest absolute Gasteiger partial charge is 0.134 e. The van der Waals surface area contributed by atoms with Crippen LogP contribution in [0.3, 0.4) is 0 Å². The Kier molecular flexibility index (Phi) is 3.25. The number of aryl methyl sites for hydroxylation is 1. The number of benzene rings is 1. The minimum atomic E-state index is -0.892. The number of nitrogens with zero attached hydrogens (tertiary/aromatic N) is 1. The minimum absolute atomic E-state index is 0.267. The molecule has 20 heavy (non-hydrogen) atoms. The van der Waals surface area contributed by atoms with Crippen LogP contribution in [0.15, 0.2) is 28.7 Å². The molecule has 1 fully saturated rings. The summed E-state index contributed by atoms with van der Waals surface area (Å²) >= 11 is 0. The Hall–Kier alpha value is -1.83. The number of para-hydroxylation sites is 1. The monoisotopic (exact) mass is 271 g/mol. The number of rotatable bonds is 2. The fourth-order valence-corrected chi connectivity index (χ4v) is 2.98. The van der Waals surface area contributed by atoms with Crippen LogP contribution in [0.25, 0.3) is 11.0 Å². The average molecular weight is 271 g/mol.